The molecule has 4 aromatic heterocycles. The van der Waals surface area contributed by atoms with Crippen molar-refractivity contribution >= 4 is 65.6 Å². The molecule has 0 fully saturated rings. The van der Waals surface area contributed by atoms with Crippen LogP contribution in [0.3, 0.4) is 0 Å². The molecule has 13 rings (SSSR count). The molecule has 64 heavy (non-hydrogen) atoms. The van der Waals surface area contributed by atoms with Gasteiger partial charge >= 0.3 is 0 Å². The summed E-state index contributed by atoms with van der Waals surface area (Å²) in [5.41, 5.74) is 14.2. The van der Waals surface area contributed by atoms with Crippen molar-refractivity contribution in [1.82, 2.24) is 24.1 Å². The summed E-state index contributed by atoms with van der Waals surface area (Å²) in [7, 11) is 0. The predicted octanol–water partition coefficient (Wildman–Crippen LogP) is 14.9. The fourth-order valence-electron chi connectivity index (χ4n) is 9.92. The minimum atomic E-state index is 0.584. The Morgan fingerprint density at radius 1 is 0.391 bits per heavy atom. The highest BCUT2D eigenvalue weighted by molar-refractivity contribution is 6.28. The molecule has 0 unspecified atom stereocenters. The van der Waals surface area contributed by atoms with E-state index in [2.05, 4.69) is 156 Å². The van der Waals surface area contributed by atoms with Crippen LogP contribution in [0.1, 0.15) is 5.56 Å². The van der Waals surface area contributed by atoms with Gasteiger partial charge in [0, 0.05) is 54.7 Å². The quantitative estimate of drug-likeness (QED) is 0.168. The summed E-state index contributed by atoms with van der Waals surface area (Å²) in [5.74, 6) is 1.81. The number of aryl methyl sites for hydroxylation is 1. The molecule has 6 heteroatoms. The van der Waals surface area contributed by atoms with Crippen LogP contribution < -0.4 is 0 Å². The van der Waals surface area contributed by atoms with Crippen molar-refractivity contribution in [3.8, 4) is 56.7 Å². The van der Waals surface area contributed by atoms with Crippen molar-refractivity contribution in [3.05, 3.63) is 212 Å². The zero-order valence-electron chi connectivity index (χ0n) is 34.8. The molecular formula is C58H37N5O. The largest absolute Gasteiger partial charge is 0.454 e. The van der Waals surface area contributed by atoms with Gasteiger partial charge in [0.25, 0.3) is 0 Å². The van der Waals surface area contributed by atoms with E-state index in [1.165, 1.54) is 21.9 Å². The first-order valence-corrected chi connectivity index (χ1v) is 21.6. The van der Waals surface area contributed by atoms with E-state index < -0.39 is 0 Å². The average Bonchev–Trinajstić information content (AvgIpc) is 4.03. The molecule has 13 aromatic rings. The molecule has 6 nitrogen and oxygen atoms in total. The average molecular weight is 820 g/mol. The Labute approximate surface area is 368 Å². The van der Waals surface area contributed by atoms with Gasteiger partial charge in [0.1, 0.15) is 5.58 Å². The normalized spacial score (nSPS) is 11.8. The van der Waals surface area contributed by atoms with E-state index in [1.807, 2.05) is 66.7 Å². The lowest BCUT2D eigenvalue weighted by atomic mass is 9.96. The Hall–Kier alpha value is -8.61. The maximum absolute atomic E-state index is 7.16. The number of hydrogen-bond donors (Lipinski definition) is 0. The van der Waals surface area contributed by atoms with Gasteiger partial charge in [0.05, 0.1) is 27.8 Å². The van der Waals surface area contributed by atoms with Crippen molar-refractivity contribution in [2.75, 3.05) is 0 Å². The van der Waals surface area contributed by atoms with Gasteiger partial charge in [0.15, 0.2) is 23.1 Å². The second-order valence-corrected chi connectivity index (χ2v) is 16.4. The highest BCUT2D eigenvalue weighted by Crippen LogP contribution is 2.49. The summed E-state index contributed by atoms with van der Waals surface area (Å²) in [5, 5.41) is 6.65. The molecule has 0 bridgehead atoms. The number of fused-ring (bicyclic) bond motifs is 10. The Morgan fingerprint density at radius 2 is 0.906 bits per heavy atom. The molecule has 0 amide bonds. The summed E-state index contributed by atoms with van der Waals surface area (Å²) < 4.78 is 12.1. The minimum Gasteiger partial charge on any atom is -0.454 e. The lowest BCUT2D eigenvalue weighted by molar-refractivity contribution is 0.666. The van der Waals surface area contributed by atoms with Crippen molar-refractivity contribution in [2.24, 2.45) is 0 Å². The molecule has 0 aliphatic carbocycles. The molecule has 0 spiro atoms. The lowest BCUT2D eigenvalue weighted by Gasteiger charge is -2.17. The van der Waals surface area contributed by atoms with E-state index in [1.54, 1.807) is 0 Å². The van der Waals surface area contributed by atoms with Crippen LogP contribution in [0.5, 0.6) is 0 Å². The van der Waals surface area contributed by atoms with E-state index >= 15 is 0 Å². The maximum atomic E-state index is 7.16. The van der Waals surface area contributed by atoms with Gasteiger partial charge in [0.2, 0.25) is 0 Å². The van der Waals surface area contributed by atoms with Gasteiger partial charge < -0.3 is 13.6 Å². The summed E-state index contributed by atoms with van der Waals surface area (Å²) in [4.78, 5) is 15.5. The smallest absolute Gasteiger partial charge is 0.164 e. The lowest BCUT2D eigenvalue weighted by Crippen LogP contribution is -2.03. The second-order valence-electron chi connectivity index (χ2n) is 16.4. The molecule has 300 valence electrons. The van der Waals surface area contributed by atoms with Gasteiger partial charge in [-0.25, -0.2) is 15.0 Å². The molecule has 0 saturated carbocycles. The third kappa shape index (κ3) is 5.42. The number of para-hydroxylation sites is 4. The van der Waals surface area contributed by atoms with Crippen LogP contribution in [0.4, 0.5) is 0 Å². The van der Waals surface area contributed by atoms with Crippen LogP contribution in [0.2, 0.25) is 0 Å². The van der Waals surface area contributed by atoms with Crippen LogP contribution in [-0.2, 0) is 0 Å². The summed E-state index contributed by atoms with van der Waals surface area (Å²) in [6, 6.07) is 72.4. The van der Waals surface area contributed by atoms with Crippen LogP contribution in [0, 0.1) is 6.92 Å². The number of aromatic nitrogens is 5. The molecule has 0 N–H and O–H groups in total. The SMILES string of the molecule is Cc1cc(-c2nc(-c3ccccc3)nc(-c3ccccc3)n2)c2c(oc3ccccc32)c1-n1c2ccccc2c2cc(-c3ccccc3)c3c4ccccc4n(-c4ccccc4)c3c21. The summed E-state index contributed by atoms with van der Waals surface area (Å²) in [6.45, 7) is 2.19. The summed E-state index contributed by atoms with van der Waals surface area (Å²) >= 11 is 0. The number of hydrogen-bond acceptors (Lipinski definition) is 4. The Bertz CT molecular complexity index is 3890. The third-order valence-corrected chi connectivity index (χ3v) is 12.6. The first-order chi connectivity index (χ1) is 31.7. The van der Waals surface area contributed by atoms with E-state index in [4.69, 9.17) is 19.4 Å². The number of nitrogens with zero attached hydrogens (tertiary/aromatic N) is 5. The van der Waals surface area contributed by atoms with E-state index in [0.717, 1.165) is 88.4 Å². The zero-order chi connectivity index (χ0) is 42.3. The molecule has 9 aromatic carbocycles. The molecule has 4 heterocycles. The Kier molecular flexibility index (Phi) is 8.02. The number of furan rings is 1. The monoisotopic (exact) mass is 819 g/mol. The van der Waals surface area contributed by atoms with Crippen LogP contribution >= 0.6 is 0 Å². The molecule has 0 atom stereocenters. The predicted molar refractivity (Wildman–Crippen MR) is 262 cm³/mol. The molecule has 0 radical (unpaired) electrons. The summed E-state index contributed by atoms with van der Waals surface area (Å²) in [6.07, 6.45) is 0. The van der Waals surface area contributed by atoms with Gasteiger partial charge in [-0.1, -0.05) is 164 Å². The zero-order valence-corrected chi connectivity index (χ0v) is 34.8. The first-order valence-electron chi connectivity index (χ1n) is 21.6. The molecular weight excluding hydrogens is 783 g/mol. The van der Waals surface area contributed by atoms with Crippen LogP contribution in [0.25, 0.3) is 122 Å². The van der Waals surface area contributed by atoms with Crippen molar-refractivity contribution in [2.45, 2.75) is 6.92 Å². The standard InChI is InChI=1S/C58H37N5O/c1-36-34-46(58-60-56(38-22-8-3-9-23-38)59-57(61-58)39-24-10-4-11-25-39)51-43-30-16-19-33-49(43)64-55(51)52(36)63-47-31-17-14-28-41(47)45-35-44(37-20-6-2-7-21-37)50-42-29-15-18-32-48(42)62(54(50)53(45)63)40-26-12-5-13-27-40/h2-35H,1H3. The highest BCUT2D eigenvalue weighted by atomic mass is 16.3. The molecule has 0 aliphatic heterocycles. The van der Waals surface area contributed by atoms with Crippen LogP contribution in [-0.4, -0.2) is 24.1 Å². The second kappa shape index (κ2) is 14.2. The highest BCUT2D eigenvalue weighted by Gasteiger charge is 2.28. The third-order valence-electron chi connectivity index (χ3n) is 12.6. The molecule has 0 aliphatic rings. The van der Waals surface area contributed by atoms with Crippen molar-refractivity contribution < 1.29 is 4.42 Å². The molecule has 0 saturated heterocycles. The fourth-order valence-corrected chi connectivity index (χ4v) is 9.92. The number of rotatable bonds is 6. The van der Waals surface area contributed by atoms with Gasteiger partial charge in [-0.15, -0.1) is 0 Å². The van der Waals surface area contributed by atoms with Crippen molar-refractivity contribution in [1.29, 1.82) is 0 Å². The minimum absolute atomic E-state index is 0.584. The van der Waals surface area contributed by atoms with E-state index in [9.17, 15) is 0 Å². The van der Waals surface area contributed by atoms with E-state index in [0.29, 0.717) is 17.5 Å². The first kappa shape index (κ1) is 36.1. The van der Waals surface area contributed by atoms with Gasteiger partial charge in [-0.2, -0.15) is 0 Å². The topological polar surface area (TPSA) is 61.7 Å². The maximum Gasteiger partial charge on any atom is 0.164 e. The number of benzene rings is 9. The fraction of sp³-hybridized carbons (Fsp3) is 0.0172. The Balaban J connectivity index is 1.20. The Morgan fingerprint density at radius 3 is 1.56 bits per heavy atom. The van der Waals surface area contributed by atoms with Gasteiger partial charge in [-0.3, -0.25) is 0 Å². The van der Waals surface area contributed by atoms with E-state index in [-0.39, 0.29) is 0 Å². The van der Waals surface area contributed by atoms with Gasteiger partial charge in [-0.05, 0) is 66.1 Å². The van der Waals surface area contributed by atoms with Crippen LogP contribution in [0.15, 0.2) is 211 Å². The van der Waals surface area contributed by atoms with Crippen molar-refractivity contribution in [3.63, 3.8) is 0 Å².